The van der Waals surface area contributed by atoms with Crippen molar-refractivity contribution in [2.45, 2.75) is 78.6 Å². The highest BCUT2D eigenvalue weighted by Crippen LogP contribution is 2.88. The fourth-order valence-electron chi connectivity index (χ4n) is 10.6. The molecule has 4 saturated carbocycles. The van der Waals surface area contributed by atoms with Crippen LogP contribution in [0.4, 0.5) is 0 Å². The molecule has 28 heavy (non-hydrogen) atoms. The molecule has 0 aromatic carbocycles. The molecular weight excluding hydrogens is 340 g/mol. The van der Waals surface area contributed by atoms with Gasteiger partial charge in [-0.15, -0.1) is 0 Å². The fraction of sp³-hybridized carbons (Fsp3) is 0.778. The van der Waals surface area contributed by atoms with E-state index in [1.165, 1.54) is 63.4 Å². The minimum absolute atomic E-state index is 0.231. The Kier molecular flexibility index (Phi) is 3.26. The Labute approximate surface area is 171 Å². The van der Waals surface area contributed by atoms with Crippen LogP contribution in [0.2, 0.25) is 0 Å². The Hall–Kier alpha value is -0.820. The third-order valence-corrected chi connectivity index (χ3v) is 11.6. The smallest absolute Gasteiger partial charge is 0.0473 e. The first-order chi connectivity index (χ1) is 13.3. The topological polar surface area (TPSA) is 20.2 Å². The van der Waals surface area contributed by atoms with Crippen LogP contribution in [-0.2, 0) is 0 Å². The van der Waals surface area contributed by atoms with E-state index in [0.717, 1.165) is 5.92 Å². The van der Waals surface area contributed by atoms with Crippen LogP contribution < -0.4 is 0 Å². The van der Waals surface area contributed by atoms with E-state index < -0.39 is 0 Å². The lowest BCUT2D eigenvalue weighted by molar-refractivity contribution is -0.0264. The Morgan fingerprint density at radius 1 is 1.07 bits per heavy atom. The van der Waals surface area contributed by atoms with Gasteiger partial charge in [-0.2, -0.15) is 0 Å². The van der Waals surface area contributed by atoms with Crippen LogP contribution in [0.15, 0.2) is 36.0 Å². The lowest BCUT2D eigenvalue weighted by Crippen LogP contribution is -2.54. The average molecular weight is 379 g/mol. The van der Waals surface area contributed by atoms with E-state index in [2.05, 4.69) is 45.6 Å². The van der Waals surface area contributed by atoms with Gasteiger partial charge < -0.3 is 5.11 Å². The maximum absolute atomic E-state index is 10.8. The molecule has 0 unspecified atom stereocenters. The van der Waals surface area contributed by atoms with Gasteiger partial charge >= 0.3 is 0 Å². The second-order valence-electron chi connectivity index (χ2n) is 12.2. The summed E-state index contributed by atoms with van der Waals surface area (Å²) in [5.41, 5.74) is 4.60. The molecule has 6 rings (SSSR count). The second kappa shape index (κ2) is 5.08. The molecule has 0 aliphatic heterocycles. The Balaban J connectivity index is 1.56. The molecule has 0 amide bonds. The highest BCUT2D eigenvalue weighted by Gasteiger charge is 2.82. The first kappa shape index (κ1) is 18.0. The van der Waals surface area contributed by atoms with Gasteiger partial charge in [0.15, 0.2) is 0 Å². The Morgan fingerprint density at radius 2 is 1.82 bits per heavy atom. The van der Waals surface area contributed by atoms with Gasteiger partial charge in [-0.3, -0.25) is 0 Å². The summed E-state index contributed by atoms with van der Waals surface area (Å²) in [5.74, 6) is 1.85. The molecule has 0 aromatic heterocycles. The molecular formula is C27H38O. The molecule has 1 N–H and O–H groups in total. The van der Waals surface area contributed by atoms with Gasteiger partial charge in [0.05, 0.1) is 0 Å². The summed E-state index contributed by atoms with van der Waals surface area (Å²) >= 11 is 0. The Morgan fingerprint density at radius 3 is 2.54 bits per heavy atom. The van der Waals surface area contributed by atoms with Crippen LogP contribution >= 0.6 is 0 Å². The van der Waals surface area contributed by atoms with Crippen molar-refractivity contribution in [2.75, 3.05) is 6.61 Å². The van der Waals surface area contributed by atoms with Crippen molar-refractivity contribution in [3.05, 3.63) is 36.0 Å². The predicted molar refractivity (Wildman–Crippen MR) is 115 cm³/mol. The molecule has 0 radical (unpaired) electrons. The van der Waals surface area contributed by atoms with Crippen LogP contribution in [0, 0.1) is 44.8 Å². The van der Waals surface area contributed by atoms with Gasteiger partial charge in [0.25, 0.3) is 0 Å². The molecule has 6 aliphatic rings. The van der Waals surface area contributed by atoms with Crippen LogP contribution in [0.3, 0.4) is 0 Å². The molecule has 152 valence electrons. The molecule has 3 spiro atoms. The van der Waals surface area contributed by atoms with E-state index in [0.29, 0.717) is 29.3 Å². The second-order valence-corrected chi connectivity index (χ2v) is 12.2. The summed E-state index contributed by atoms with van der Waals surface area (Å²) in [7, 11) is 0. The first-order valence-corrected chi connectivity index (χ1v) is 12.0. The van der Waals surface area contributed by atoms with Crippen molar-refractivity contribution in [1.82, 2.24) is 0 Å². The van der Waals surface area contributed by atoms with E-state index in [9.17, 15) is 5.11 Å². The summed E-state index contributed by atoms with van der Waals surface area (Å²) in [5, 5.41) is 10.8. The standard InChI is InChI=1S/C27H38O/c1-18-16-20-24(4)19(8-7-12-27(24)22(18)23(27,2)3)9-13-26(20)15-14-25(21(26)17-28)10-5-6-11-25/h7,12,16,19,21-22,28H,1,5-6,8-11,13-15,17H2,2-4H3/t19-,21-,22-,24+,26-,27-/m0/s1. The van der Waals surface area contributed by atoms with Crippen LogP contribution in [0.25, 0.3) is 0 Å². The molecule has 6 aliphatic carbocycles. The van der Waals surface area contributed by atoms with E-state index in [4.69, 9.17) is 0 Å². The highest BCUT2D eigenvalue weighted by molar-refractivity contribution is 5.56. The minimum atomic E-state index is 0.231. The lowest BCUT2D eigenvalue weighted by atomic mass is 9.42. The zero-order chi connectivity index (χ0) is 19.6. The van der Waals surface area contributed by atoms with Crippen LogP contribution in [-0.4, -0.2) is 11.7 Å². The van der Waals surface area contributed by atoms with Crippen LogP contribution in [0.1, 0.15) is 78.6 Å². The van der Waals surface area contributed by atoms with Crippen molar-refractivity contribution in [3.63, 3.8) is 0 Å². The summed E-state index contributed by atoms with van der Waals surface area (Å²) < 4.78 is 0. The maximum atomic E-state index is 10.8. The Bertz CT molecular complexity index is 808. The average Bonchev–Trinajstić information content (AvgIpc) is 2.99. The van der Waals surface area contributed by atoms with E-state index >= 15 is 0 Å². The normalized spacial score (nSPS) is 51.9. The van der Waals surface area contributed by atoms with Gasteiger partial charge in [0.2, 0.25) is 0 Å². The molecule has 4 fully saturated rings. The van der Waals surface area contributed by atoms with Gasteiger partial charge in [-0.25, -0.2) is 0 Å². The molecule has 0 saturated heterocycles. The fourth-order valence-corrected chi connectivity index (χ4v) is 10.6. The lowest BCUT2D eigenvalue weighted by Gasteiger charge is -2.61. The quantitative estimate of drug-likeness (QED) is 0.520. The largest absolute Gasteiger partial charge is 0.396 e. The van der Waals surface area contributed by atoms with Gasteiger partial charge in [0, 0.05) is 17.4 Å². The van der Waals surface area contributed by atoms with Gasteiger partial charge in [0.1, 0.15) is 0 Å². The van der Waals surface area contributed by atoms with Crippen LogP contribution in [0.5, 0.6) is 0 Å². The zero-order valence-corrected chi connectivity index (χ0v) is 18.2. The van der Waals surface area contributed by atoms with E-state index in [1.54, 1.807) is 5.57 Å². The maximum Gasteiger partial charge on any atom is 0.0473 e. The molecule has 1 nitrogen and oxygen atoms in total. The third-order valence-electron chi connectivity index (χ3n) is 11.6. The highest BCUT2D eigenvalue weighted by atomic mass is 16.3. The van der Waals surface area contributed by atoms with Crippen molar-refractivity contribution in [3.8, 4) is 0 Å². The predicted octanol–water partition coefficient (Wildman–Crippen LogP) is 6.45. The van der Waals surface area contributed by atoms with Crippen molar-refractivity contribution in [1.29, 1.82) is 0 Å². The number of fused-ring (bicyclic) bond motifs is 1. The minimum Gasteiger partial charge on any atom is -0.396 e. The summed E-state index contributed by atoms with van der Waals surface area (Å²) in [6, 6.07) is 0. The molecule has 0 aromatic rings. The van der Waals surface area contributed by atoms with E-state index in [-0.39, 0.29) is 16.2 Å². The molecule has 1 heteroatoms. The SMILES string of the molecule is C=C1C=C2[C@]3(CC[C@@H]4CC=C[C@@]5([C@@H]1C5(C)C)[C@@]24C)CCC1(CCCC1)[C@@H]3CO. The van der Waals surface area contributed by atoms with Crippen molar-refractivity contribution in [2.24, 2.45) is 44.8 Å². The number of allylic oxidation sites excluding steroid dienone is 5. The zero-order valence-electron chi connectivity index (χ0n) is 18.2. The number of hydrogen-bond donors (Lipinski definition) is 1. The van der Waals surface area contributed by atoms with Gasteiger partial charge in [-0.05, 0) is 78.9 Å². The number of aliphatic hydroxyl groups excluding tert-OH is 1. The first-order valence-electron chi connectivity index (χ1n) is 12.0. The molecule has 0 heterocycles. The monoisotopic (exact) mass is 378 g/mol. The number of aliphatic hydroxyl groups is 1. The number of rotatable bonds is 1. The molecule has 0 bridgehead atoms. The van der Waals surface area contributed by atoms with Gasteiger partial charge in [-0.1, -0.05) is 69.6 Å². The molecule has 6 atom stereocenters. The number of hydrogen-bond acceptors (Lipinski definition) is 1. The summed E-state index contributed by atoms with van der Waals surface area (Å²) in [6.45, 7) is 12.6. The van der Waals surface area contributed by atoms with Crippen molar-refractivity contribution >= 4 is 0 Å². The van der Waals surface area contributed by atoms with E-state index in [1.807, 2.05) is 0 Å². The summed E-state index contributed by atoms with van der Waals surface area (Å²) in [6.07, 6.45) is 19.7. The van der Waals surface area contributed by atoms with Crippen molar-refractivity contribution < 1.29 is 5.11 Å². The third kappa shape index (κ3) is 1.59. The summed E-state index contributed by atoms with van der Waals surface area (Å²) in [4.78, 5) is 0.